The summed E-state index contributed by atoms with van der Waals surface area (Å²) in [4.78, 5) is 1.71. The third-order valence-corrected chi connectivity index (χ3v) is 1.86. The summed E-state index contributed by atoms with van der Waals surface area (Å²) in [6.45, 7) is 4.46. The summed E-state index contributed by atoms with van der Waals surface area (Å²) in [6.07, 6.45) is 2.77. The number of hydrogen-bond acceptors (Lipinski definition) is 2. The summed E-state index contributed by atoms with van der Waals surface area (Å²) in [5.41, 5.74) is 1.90. The number of fused-ring (bicyclic) bond motifs is 1. The number of aromatic nitrogens is 3. The van der Waals surface area contributed by atoms with Crippen molar-refractivity contribution in [2.45, 2.75) is 13.0 Å². The molecule has 0 aliphatic heterocycles. The second kappa shape index (κ2) is 3.39. The van der Waals surface area contributed by atoms with Crippen LogP contribution in [0.2, 0.25) is 0 Å². The van der Waals surface area contributed by atoms with Crippen LogP contribution in [0.5, 0.6) is 0 Å². The van der Waals surface area contributed by atoms with Gasteiger partial charge in [-0.3, -0.25) is 0 Å². The minimum atomic E-state index is 0.804. The maximum atomic E-state index is 4.31. The van der Waals surface area contributed by atoms with Gasteiger partial charge in [-0.1, -0.05) is 18.2 Å². The van der Waals surface area contributed by atoms with Gasteiger partial charge in [-0.25, -0.2) is 0 Å². The summed E-state index contributed by atoms with van der Waals surface area (Å²) >= 11 is 0. The summed E-state index contributed by atoms with van der Waals surface area (Å²) in [5.74, 6) is 0. The Morgan fingerprint density at radius 2 is 1.85 bits per heavy atom. The Labute approximate surface area is 76.7 Å². The number of hydrogen-bond donors (Lipinski definition) is 0. The number of aryl methyl sites for hydroxylation is 1. The zero-order valence-electron chi connectivity index (χ0n) is 7.35. The zero-order chi connectivity index (χ0) is 9.10. The van der Waals surface area contributed by atoms with Gasteiger partial charge in [0.2, 0.25) is 0 Å². The molecule has 0 N–H and O–H groups in total. The topological polar surface area (TPSA) is 30.7 Å². The lowest BCUT2D eigenvalue weighted by atomic mass is 10.3. The van der Waals surface area contributed by atoms with Gasteiger partial charge in [-0.05, 0) is 18.6 Å². The quantitative estimate of drug-likeness (QED) is 0.665. The van der Waals surface area contributed by atoms with Crippen molar-refractivity contribution < 1.29 is 0 Å². The van der Waals surface area contributed by atoms with Crippen LogP contribution >= 0.6 is 0 Å². The lowest BCUT2D eigenvalue weighted by Crippen LogP contribution is -2.00. The first-order chi connectivity index (χ1) is 6.40. The molecule has 0 amide bonds. The molecule has 0 saturated heterocycles. The van der Waals surface area contributed by atoms with Gasteiger partial charge < -0.3 is 0 Å². The van der Waals surface area contributed by atoms with E-state index in [1.807, 2.05) is 30.3 Å². The summed E-state index contributed by atoms with van der Waals surface area (Å²) in [5, 5.41) is 8.62. The van der Waals surface area contributed by atoms with E-state index < -0.39 is 0 Å². The molecule has 0 radical (unpaired) electrons. The standard InChI is InChI=1S/C10H11N3/c1-2-3-8-13-11-9-6-4-5-7-10(9)12-13/h2,4-7H,1,3,8H2. The van der Waals surface area contributed by atoms with E-state index >= 15 is 0 Å². The van der Waals surface area contributed by atoms with E-state index in [2.05, 4.69) is 16.8 Å². The molecular formula is C10H11N3. The van der Waals surface area contributed by atoms with Gasteiger partial charge in [0.1, 0.15) is 11.0 Å². The van der Waals surface area contributed by atoms with Crippen molar-refractivity contribution in [2.24, 2.45) is 0 Å². The van der Waals surface area contributed by atoms with E-state index in [1.165, 1.54) is 0 Å². The Morgan fingerprint density at radius 1 is 1.23 bits per heavy atom. The van der Waals surface area contributed by atoms with Crippen LogP contribution in [-0.2, 0) is 6.54 Å². The van der Waals surface area contributed by atoms with Crippen molar-refractivity contribution in [1.82, 2.24) is 15.0 Å². The van der Waals surface area contributed by atoms with Crippen molar-refractivity contribution in [2.75, 3.05) is 0 Å². The average Bonchev–Trinajstić information content (AvgIpc) is 2.57. The van der Waals surface area contributed by atoms with Gasteiger partial charge in [0.25, 0.3) is 0 Å². The fourth-order valence-corrected chi connectivity index (χ4v) is 1.21. The highest BCUT2D eigenvalue weighted by molar-refractivity contribution is 5.72. The van der Waals surface area contributed by atoms with Crippen LogP contribution in [-0.4, -0.2) is 15.0 Å². The summed E-state index contributed by atoms with van der Waals surface area (Å²) in [7, 11) is 0. The monoisotopic (exact) mass is 173 g/mol. The summed E-state index contributed by atoms with van der Waals surface area (Å²) in [6, 6.07) is 7.86. The normalized spacial score (nSPS) is 10.5. The maximum Gasteiger partial charge on any atom is 0.113 e. The molecule has 2 aromatic rings. The SMILES string of the molecule is C=CCCn1nc2ccccc2n1. The molecule has 1 heterocycles. The van der Waals surface area contributed by atoms with Crippen molar-refractivity contribution in [3.05, 3.63) is 36.9 Å². The maximum absolute atomic E-state index is 4.31. The molecule has 2 rings (SSSR count). The number of allylic oxidation sites excluding steroid dienone is 1. The fourth-order valence-electron chi connectivity index (χ4n) is 1.21. The Balaban J connectivity index is 2.32. The van der Waals surface area contributed by atoms with Crippen molar-refractivity contribution in [1.29, 1.82) is 0 Å². The van der Waals surface area contributed by atoms with Crippen molar-refractivity contribution in [3.8, 4) is 0 Å². The van der Waals surface area contributed by atoms with Crippen LogP contribution in [0.1, 0.15) is 6.42 Å². The molecule has 3 nitrogen and oxygen atoms in total. The molecule has 0 aliphatic rings. The molecule has 0 aliphatic carbocycles. The largest absolute Gasteiger partial charge is 0.183 e. The molecule has 0 fully saturated rings. The lowest BCUT2D eigenvalue weighted by Gasteiger charge is -1.92. The molecule has 1 aromatic carbocycles. The second-order valence-corrected chi connectivity index (χ2v) is 2.86. The minimum Gasteiger partial charge on any atom is -0.183 e. The predicted octanol–water partition coefficient (Wildman–Crippen LogP) is 2.01. The first-order valence-corrected chi connectivity index (χ1v) is 4.31. The summed E-state index contributed by atoms with van der Waals surface area (Å²) < 4.78 is 0. The van der Waals surface area contributed by atoms with Gasteiger partial charge in [-0.15, -0.1) is 6.58 Å². The molecule has 3 heteroatoms. The Bertz CT molecular complexity index is 384. The molecule has 0 unspecified atom stereocenters. The van der Waals surface area contributed by atoms with Crippen LogP contribution in [0.15, 0.2) is 36.9 Å². The molecule has 0 bridgehead atoms. The Hall–Kier alpha value is -1.64. The first-order valence-electron chi connectivity index (χ1n) is 4.31. The highest BCUT2D eigenvalue weighted by Gasteiger charge is 1.98. The number of nitrogens with zero attached hydrogens (tertiary/aromatic N) is 3. The van der Waals surface area contributed by atoms with Crippen LogP contribution in [0.3, 0.4) is 0 Å². The molecule has 0 atom stereocenters. The van der Waals surface area contributed by atoms with Gasteiger partial charge in [0.15, 0.2) is 0 Å². The van der Waals surface area contributed by atoms with E-state index in [9.17, 15) is 0 Å². The highest BCUT2D eigenvalue weighted by Crippen LogP contribution is 2.06. The zero-order valence-corrected chi connectivity index (χ0v) is 7.35. The lowest BCUT2D eigenvalue weighted by molar-refractivity contribution is 0.551. The van der Waals surface area contributed by atoms with E-state index in [4.69, 9.17) is 0 Å². The second-order valence-electron chi connectivity index (χ2n) is 2.86. The average molecular weight is 173 g/mol. The van der Waals surface area contributed by atoms with Gasteiger partial charge in [-0.2, -0.15) is 15.0 Å². The molecule has 66 valence electrons. The van der Waals surface area contributed by atoms with E-state index in [0.29, 0.717) is 0 Å². The Kier molecular flexibility index (Phi) is 2.08. The minimum absolute atomic E-state index is 0.804. The molecule has 0 spiro atoms. The van der Waals surface area contributed by atoms with Crippen LogP contribution in [0.25, 0.3) is 11.0 Å². The van der Waals surface area contributed by atoms with Gasteiger partial charge in [0, 0.05) is 0 Å². The van der Waals surface area contributed by atoms with Crippen molar-refractivity contribution >= 4 is 11.0 Å². The van der Waals surface area contributed by atoms with E-state index in [0.717, 1.165) is 24.0 Å². The van der Waals surface area contributed by atoms with Crippen molar-refractivity contribution in [3.63, 3.8) is 0 Å². The molecular weight excluding hydrogens is 162 g/mol. The van der Waals surface area contributed by atoms with Crippen LogP contribution in [0, 0.1) is 0 Å². The molecule has 0 saturated carbocycles. The third-order valence-electron chi connectivity index (χ3n) is 1.86. The number of benzene rings is 1. The van der Waals surface area contributed by atoms with Crippen LogP contribution in [0.4, 0.5) is 0 Å². The Morgan fingerprint density at radius 3 is 2.38 bits per heavy atom. The third kappa shape index (κ3) is 1.59. The predicted molar refractivity (Wildman–Crippen MR) is 52.3 cm³/mol. The van der Waals surface area contributed by atoms with Gasteiger partial charge in [0.05, 0.1) is 6.54 Å². The number of rotatable bonds is 3. The smallest absolute Gasteiger partial charge is 0.113 e. The molecule has 1 aromatic heterocycles. The van der Waals surface area contributed by atoms with E-state index in [1.54, 1.807) is 4.80 Å². The first kappa shape index (κ1) is 7.98. The van der Waals surface area contributed by atoms with Gasteiger partial charge >= 0.3 is 0 Å². The fraction of sp³-hybridized carbons (Fsp3) is 0.200. The molecule has 13 heavy (non-hydrogen) atoms. The van der Waals surface area contributed by atoms with E-state index in [-0.39, 0.29) is 0 Å². The highest BCUT2D eigenvalue weighted by atomic mass is 15.5. The van der Waals surface area contributed by atoms with Crippen LogP contribution < -0.4 is 0 Å².